The lowest BCUT2D eigenvalue weighted by Gasteiger charge is -2.18. The van der Waals surface area contributed by atoms with Crippen molar-refractivity contribution in [3.05, 3.63) is 18.3 Å². The molecule has 3 nitrogen and oxygen atoms in total. The van der Waals surface area contributed by atoms with Crippen LogP contribution in [0.3, 0.4) is 0 Å². The van der Waals surface area contributed by atoms with Crippen LogP contribution in [-0.2, 0) is 0 Å². The molecule has 2 N–H and O–H groups in total. The van der Waals surface area contributed by atoms with Gasteiger partial charge in [-0.1, -0.05) is 13.3 Å². The van der Waals surface area contributed by atoms with Gasteiger partial charge in [-0.25, -0.2) is 4.98 Å². The number of pyridine rings is 1. The first-order valence-electron chi connectivity index (χ1n) is 5.26. The molecule has 1 aliphatic rings. The quantitative estimate of drug-likeness (QED) is 0.776. The van der Waals surface area contributed by atoms with Crippen molar-refractivity contribution in [2.45, 2.75) is 19.8 Å². The summed E-state index contributed by atoms with van der Waals surface area (Å²) in [5.41, 5.74) is 6.68. The SMILES string of the molecule is CCC1CCN(c2ncccc2N)C1. The highest BCUT2D eigenvalue weighted by Crippen LogP contribution is 2.27. The van der Waals surface area contributed by atoms with E-state index in [0.717, 1.165) is 30.5 Å². The molecule has 1 aromatic rings. The van der Waals surface area contributed by atoms with Crippen LogP contribution >= 0.6 is 0 Å². The van der Waals surface area contributed by atoms with E-state index in [2.05, 4.69) is 16.8 Å². The minimum atomic E-state index is 0.796. The van der Waals surface area contributed by atoms with Gasteiger partial charge in [0, 0.05) is 19.3 Å². The number of hydrogen-bond acceptors (Lipinski definition) is 3. The summed E-state index contributed by atoms with van der Waals surface area (Å²) in [5, 5.41) is 0. The second-order valence-corrected chi connectivity index (χ2v) is 3.93. The maximum Gasteiger partial charge on any atom is 0.151 e. The molecule has 1 aromatic heterocycles. The first-order chi connectivity index (χ1) is 6.81. The Bertz CT molecular complexity index is 311. The lowest BCUT2D eigenvalue weighted by molar-refractivity contribution is 0.569. The van der Waals surface area contributed by atoms with Gasteiger partial charge in [-0.3, -0.25) is 0 Å². The second-order valence-electron chi connectivity index (χ2n) is 3.93. The third kappa shape index (κ3) is 1.67. The van der Waals surface area contributed by atoms with Crippen molar-refractivity contribution in [3.63, 3.8) is 0 Å². The van der Waals surface area contributed by atoms with Crippen molar-refractivity contribution < 1.29 is 0 Å². The van der Waals surface area contributed by atoms with E-state index in [-0.39, 0.29) is 0 Å². The molecule has 0 radical (unpaired) electrons. The second kappa shape index (κ2) is 3.86. The van der Waals surface area contributed by atoms with Gasteiger partial charge in [-0.05, 0) is 24.5 Å². The third-order valence-electron chi connectivity index (χ3n) is 2.98. The summed E-state index contributed by atoms with van der Waals surface area (Å²) >= 11 is 0. The highest BCUT2D eigenvalue weighted by atomic mass is 15.2. The molecule has 0 spiro atoms. The van der Waals surface area contributed by atoms with Crippen LogP contribution < -0.4 is 10.6 Å². The van der Waals surface area contributed by atoms with Gasteiger partial charge in [0.25, 0.3) is 0 Å². The Morgan fingerprint density at radius 2 is 2.50 bits per heavy atom. The van der Waals surface area contributed by atoms with Crippen LogP contribution in [0.4, 0.5) is 11.5 Å². The number of aromatic nitrogens is 1. The fourth-order valence-electron chi connectivity index (χ4n) is 2.03. The van der Waals surface area contributed by atoms with Gasteiger partial charge < -0.3 is 10.6 Å². The lowest BCUT2D eigenvalue weighted by Crippen LogP contribution is -2.21. The Morgan fingerprint density at radius 3 is 3.14 bits per heavy atom. The molecule has 1 unspecified atom stereocenters. The number of hydrogen-bond donors (Lipinski definition) is 1. The van der Waals surface area contributed by atoms with Crippen LogP contribution in [0, 0.1) is 5.92 Å². The van der Waals surface area contributed by atoms with Crippen LogP contribution in [0.1, 0.15) is 19.8 Å². The molecular weight excluding hydrogens is 174 g/mol. The van der Waals surface area contributed by atoms with Gasteiger partial charge in [0.15, 0.2) is 5.82 Å². The Kier molecular flexibility index (Phi) is 2.57. The largest absolute Gasteiger partial charge is 0.396 e. The maximum absolute atomic E-state index is 5.88. The molecule has 0 aliphatic carbocycles. The van der Waals surface area contributed by atoms with Crippen LogP contribution in [-0.4, -0.2) is 18.1 Å². The van der Waals surface area contributed by atoms with E-state index < -0.39 is 0 Å². The molecule has 76 valence electrons. The van der Waals surface area contributed by atoms with Crippen molar-refractivity contribution in [2.75, 3.05) is 23.7 Å². The summed E-state index contributed by atoms with van der Waals surface area (Å²) in [6, 6.07) is 3.80. The summed E-state index contributed by atoms with van der Waals surface area (Å²) in [6.07, 6.45) is 4.33. The average Bonchev–Trinajstić information content (AvgIpc) is 2.67. The predicted molar refractivity (Wildman–Crippen MR) is 59.3 cm³/mol. The minimum absolute atomic E-state index is 0.796. The van der Waals surface area contributed by atoms with Gasteiger partial charge in [0.2, 0.25) is 0 Å². The molecule has 1 aliphatic heterocycles. The number of rotatable bonds is 2. The number of nitrogens with two attached hydrogens (primary N) is 1. The first kappa shape index (κ1) is 9.31. The zero-order chi connectivity index (χ0) is 9.97. The smallest absolute Gasteiger partial charge is 0.151 e. The van der Waals surface area contributed by atoms with E-state index in [1.165, 1.54) is 12.8 Å². The molecule has 2 heterocycles. The molecule has 0 aromatic carbocycles. The normalized spacial score (nSPS) is 21.5. The van der Waals surface area contributed by atoms with Crippen LogP contribution in [0.2, 0.25) is 0 Å². The minimum Gasteiger partial charge on any atom is -0.396 e. The zero-order valence-corrected chi connectivity index (χ0v) is 8.61. The molecule has 0 bridgehead atoms. The van der Waals surface area contributed by atoms with Crippen molar-refractivity contribution in [2.24, 2.45) is 5.92 Å². The standard InChI is InChI=1S/C11H17N3/c1-2-9-5-7-14(8-9)11-10(12)4-3-6-13-11/h3-4,6,9H,2,5,7-8,12H2,1H3. The van der Waals surface area contributed by atoms with E-state index in [4.69, 9.17) is 5.73 Å². The number of anilines is 2. The van der Waals surface area contributed by atoms with Gasteiger partial charge in [-0.15, -0.1) is 0 Å². The van der Waals surface area contributed by atoms with E-state index in [0.29, 0.717) is 0 Å². The molecular formula is C11H17N3. The third-order valence-corrected chi connectivity index (χ3v) is 2.98. The summed E-state index contributed by atoms with van der Waals surface area (Å²) in [5.74, 6) is 1.78. The number of nitrogens with zero attached hydrogens (tertiary/aromatic N) is 2. The molecule has 14 heavy (non-hydrogen) atoms. The van der Waals surface area contributed by atoms with Crippen LogP contribution in [0.25, 0.3) is 0 Å². The van der Waals surface area contributed by atoms with Crippen molar-refractivity contribution in [1.29, 1.82) is 0 Å². The topological polar surface area (TPSA) is 42.2 Å². The Hall–Kier alpha value is -1.25. The molecule has 1 atom stereocenters. The van der Waals surface area contributed by atoms with Gasteiger partial charge in [0.05, 0.1) is 5.69 Å². The Labute approximate surface area is 84.9 Å². The maximum atomic E-state index is 5.88. The van der Waals surface area contributed by atoms with Crippen molar-refractivity contribution >= 4 is 11.5 Å². The van der Waals surface area contributed by atoms with Gasteiger partial charge in [0.1, 0.15) is 0 Å². The molecule has 2 rings (SSSR count). The fraction of sp³-hybridized carbons (Fsp3) is 0.545. The molecule has 3 heteroatoms. The summed E-state index contributed by atoms with van der Waals surface area (Å²) in [6.45, 7) is 4.45. The highest BCUT2D eigenvalue weighted by Gasteiger charge is 2.22. The van der Waals surface area contributed by atoms with Crippen LogP contribution in [0.15, 0.2) is 18.3 Å². The number of nitrogen functional groups attached to an aromatic ring is 1. The van der Waals surface area contributed by atoms with E-state index in [1.54, 1.807) is 0 Å². The summed E-state index contributed by atoms with van der Waals surface area (Å²) in [7, 11) is 0. The van der Waals surface area contributed by atoms with Crippen molar-refractivity contribution in [1.82, 2.24) is 4.98 Å². The average molecular weight is 191 g/mol. The van der Waals surface area contributed by atoms with E-state index in [1.807, 2.05) is 18.3 Å². The highest BCUT2D eigenvalue weighted by molar-refractivity contribution is 5.62. The summed E-state index contributed by atoms with van der Waals surface area (Å²) in [4.78, 5) is 6.63. The Balaban J connectivity index is 2.13. The fourth-order valence-corrected chi connectivity index (χ4v) is 2.03. The van der Waals surface area contributed by atoms with Gasteiger partial charge in [-0.2, -0.15) is 0 Å². The van der Waals surface area contributed by atoms with Crippen molar-refractivity contribution in [3.8, 4) is 0 Å². The lowest BCUT2D eigenvalue weighted by atomic mass is 10.1. The predicted octanol–water partition coefficient (Wildman–Crippen LogP) is 1.90. The van der Waals surface area contributed by atoms with E-state index >= 15 is 0 Å². The van der Waals surface area contributed by atoms with Crippen LogP contribution in [0.5, 0.6) is 0 Å². The Morgan fingerprint density at radius 1 is 1.64 bits per heavy atom. The summed E-state index contributed by atoms with van der Waals surface area (Å²) < 4.78 is 0. The molecule has 0 amide bonds. The molecule has 1 fully saturated rings. The monoisotopic (exact) mass is 191 g/mol. The molecule has 1 saturated heterocycles. The van der Waals surface area contributed by atoms with Gasteiger partial charge >= 0.3 is 0 Å². The molecule has 0 saturated carbocycles. The van der Waals surface area contributed by atoms with E-state index in [9.17, 15) is 0 Å². The zero-order valence-electron chi connectivity index (χ0n) is 8.61. The first-order valence-corrected chi connectivity index (χ1v) is 5.26.